The molecule has 0 unspecified atom stereocenters. The van der Waals surface area contributed by atoms with E-state index in [0.29, 0.717) is 6.42 Å². The lowest BCUT2D eigenvalue weighted by Crippen LogP contribution is -2.00. The first-order valence-electron chi connectivity index (χ1n) is 3.46. The van der Waals surface area contributed by atoms with E-state index in [9.17, 15) is 13.6 Å². The molecule has 0 aliphatic heterocycles. The van der Waals surface area contributed by atoms with E-state index in [4.69, 9.17) is 0 Å². The monoisotopic (exact) mass is 150 g/mol. The second-order valence-corrected chi connectivity index (χ2v) is 2.22. The van der Waals surface area contributed by atoms with E-state index in [1.807, 2.05) is 6.92 Å². The van der Waals surface area contributed by atoms with Crippen molar-refractivity contribution in [3.8, 4) is 0 Å². The van der Waals surface area contributed by atoms with Gasteiger partial charge in [-0.05, 0) is 6.42 Å². The number of alkyl halides is 2. The zero-order valence-electron chi connectivity index (χ0n) is 6.07. The van der Waals surface area contributed by atoms with E-state index in [2.05, 4.69) is 0 Å². The first kappa shape index (κ1) is 9.53. The Morgan fingerprint density at radius 1 is 1.40 bits per heavy atom. The van der Waals surface area contributed by atoms with Gasteiger partial charge < -0.3 is 0 Å². The molecule has 0 saturated carbocycles. The predicted octanol–water partition coefficient (Wildman–Crippen LogP) is 2.40. The summed E-state index contributed by atoms with van der Waals surface area (Å²) in [6.07, 6.45) is -1.39. The smallest absolute Gasteiger partial charge is 0.239 e. The molecule has 0 bridgehead atoms. The molecule has 0 aliphatic carbocycles. The number of ketones is 1. The molecule has 10 heavy (non-hydrogen) atoms. The fraction of sp³-hybridized carbons (Fsp3) is 0.857. The Balaban J connectivity index is 3.22. The maximum absolute atomic E-state index is 11.5. The third kappa shape index (κ3) is 5.66. The standard InChI is InChI=1S/C7H12F2O/c1-2-3-6(10)4-5-7(8)9/h7H,2-5H2,1H3. The quantitative estimate of drug-likeness (QED) is 0.588. The molecule has 0 aromatic carbocycles. The van der Waals surface area contributed by atoms with Crippen LogP contribution in [0.4, 0.5) is 8.78 Å². The summed E-state index contributed by atoms with van der Waals surface area (Å²) in [7, 11) is 0. The van der Waals surface area contributed by atoms with Gasteiger partial charge in [-0.1, -0.05) is 6.92 Å². The van der Waals surface area contributed by atoms with Gasteiger partial charge in [-0.25, -0.2) is 8.78 Å². The summed E-state index contributed by atoms with van der Waals surface area (Å²) >= 11 is 0. The zero-order valence-corrected chi connectivity index (χ0v) is 6.07. The summed E-state index contributed by atoms with van der Waals surface area (Å²) in [6.45, 7) is 1.86. The molecule has 0 fully saturated rings. The van der Waals surface area contributed by atoms with Gasteiger partial charge in [-0.3, -0.25) is 4.79 Å². The summed E-state index contributed by atoms with van der Waals surface area (Å²) in [5, 5.41) is 0. The largest absolute Gasteiger partial charge is 0.300 e. The molecule has 0 amide bonds. The predicted molar refractivity (Wildman–Crippen MR) is 35.2 cm³/mol. The third-order valence-electron chi connectivity index (χ3n) is 1.17. The average molecular weight is 150 g/mol. The lowest BCUT2D eigenvalue weighted by molar-refractivity contribution is -0.119. The first-order valence-corrected chi connectivity index (χ1v) is 3.46. The Kier molecular flexibility index (Phi) is 5.08. The molecular formula is C7H12F2O. The molecular weight excluding hydrogens is 138 g/mol. The zero-order chi connectivity index (χ0) is 7.98. The van der Waals surface area contributed by atoms with Gasteiger partial charge in [0.1, 0.15) is 5.78 Å². The molecule has 0 rings (SSSR count). The number of hydrogen-bond acceptors (Lipinski definition) is 1. The van der Waals surface area contributed by atoms with Gasteiger partial charge in [0, 0.05) is 19.3 Å². The highest BCUT2D eigenvalue weighted by Crippen LogP contribution is 2.05. The first-order chi connectivity index (χ1) is 4.66. The van der Waals surface area contributed by atoms with Crippen LogP contribution in [0.3, 0.4) is 0 Å². The molecule has 0 atom stereocenters. The minimum absolute atomic E-state index is 0.0332. The van der Waals surface area contributed by atoms with Crippen LogP contribution in [0.15, 0.2) is 0 Å². The van der Waals surface area contributed by atoms with Gasteiger partial charge in [0.15, 0.2) is 0 Å². The maximum atomic E-state index is 11.5. The van der Waals surface area contributed by atoms with Crippen LogP contribution in [-0.2, 0) is 4.79 Å². The minimum atomic E-state index is -2.33. The Labute approximate surface area is 59.4 Å². The van der Waals surface area contributed by atoms with Crippen LogP contribution in [0.2, 0.25) is 0 Å². The second-order valence-electron chi connectivity index (χ2n) is 2.22. The lowest BCUT2D eigenvalue weighted by atomic mass is 10.1. The van der Waals surface area contributed by atoms with Crippen molar-refractivity contribution in [3.63, 3.8) is 0 Å². The van der Waals surface area contributed by atoms with Crippen molar-refractivity contribution >= 4 is 5.78 Å². The molecule has 0 heterocycles. The van der Waals surface area contributed by atoms with Gasteiger partial charge >= 0.3 is 0 Å². The molecule has 3 heteroatoms. The minimum Gasteiger partial charge on any atom is -0.300 e. The summed E-state index contributed by atoms with van der Waals surface area (Å²) < 4.78 is 23.0. The number of carbonyl (C=O) groups is 1. The highest BCUT2D eigenvalue weighted by atomic mass is 19.3. The maximum Gasteiger partial charge on any atom is 0.239 e. The number of halogens is 2. The Hall–Kier alpha value is -0.470. The van der Waals surface area contributed by atoms with Crippen LogP contribution in [0.25, 0.3) is 0 Å². The lowest BCUT2D eigenvalue weighted by Gasteiger charge is -1.96. The van der Waals surface area contributed by atoms with E-state index in [1.165, 1.54) is 0 Å². The summed E-state index contributed by atoms with van der Waals surface area (Å²) in [6, 6.07) is 0. The van der Waals surface area contributed by atoms with Crippen LogP contribution in [0.1, 0.15) is 32.6 Å². The Bertz CT molecular complexity index is 102. The molecule has 0 aliphatic rings. The van der Waals surface area contributed by atoms with Crippen LogP contribution < -0.4 is 0 Å². The van der Waals surface area contributed by atoms with Crippen LogP contribution in [0, 0.1) is 0 Å². The molecule has 60 valence electrons. The van der Waals surface area contributed by atoms with Crippen molar-refractivity contribution in [3.05, 3.63) is 0 Å². The normalized spacial score (nSPS) is 10.4. The van der Waals surface area contributed by atoms with Crippen LogP contribution in [-0.4, -0.2) is 12.2 Å². The number of hydrogen-bond donors (Lipinski definition) is 0. The molecule has 0 saturated heterocycles. The molecule has 0 aromatic rings. The Morgan fingerprint density at radius 3 is 2.40 bits per heavy atom. The van der Waals surface area contributed by atoms with E-state index in [0.717, 1.165) is 6.42 Å². The molecule has 0 N–H and O–H groups in total. The summed E-state index contributed by atoms with van der Waals surface area (Å²) in [5.41, 5.74) is 0. The summed E-state index contributed by atoms with van der Waals surface area (Å²) in [5.74, 6) is -0.0530. The third-order valence-corrected chi connectivity index (χ3v) is 1.17. The van der Waals surface area contributed by atoms with E-state index < -0.39 is 6.43 Å². The van der Waals surface area contributed by atoms with Crippen molar-refractivity contribution in [2.45, 2.75) is 39.0 Å². The fourth-order valence-corrected chi connectivity index (χ4v) is 0.674. The molecule has 0 spiro atoms. The highest BCUT2D eigenvalue weighted by molar-refractivity contribution is 5.78. The van der Waals surface area contributed by atoms with Crippen molar-refractivity contribution in [1.29, 1.82) is 0 Å². The van der Waals surface area contributed by atoms with Gasteiger partial charge in [0.2, 0.25) is 6.43 Å². The molecule has 0 aromatic heterocycles. The summed E-state index contributed by atoms with van der Waals surface area (Å²) in [4.78, 5) is 10.6. The number of rotatable bonds is 5. The number of carbonyl (C=O) groups excluding carboxylic acids is 1. The Morgan fingerprint density at radius 2 is 2.00 bits per heavy atom. The van der Waals surface area contributed by atoms with Gasteiger partial charge in [0.25, 0.3) is 0 Å². The van der Waals surface area contributed by atoms with Crippen molar-refractivity contribution in [2.24, 2.45) is 0 Å². The van der Waals surface area contributed by atoms with Crippen LogP contribution in [0.5, 0.6) is 0 Å². The van der Waals surface area contributed by atoms with Crippen molar-refractivity contribution in [1.82, 2.24) is 0 Å². The van der Waals surface area contributed by atoms with Crippen molar-refractivity contribution in [2.75, 3.05) is 0 Å². The second kappa shape index (κ2) is 5.33. The SMILES string of the molecule is CCCC(=O)CCC(F)F. The van der Waals surface area contributed by atoms with Gasteiger partial charge in [-0.15, -0.1) is 0 Å². The molecule has 0 radical (unpaired) electrons. The fourth-order valence-electron chi connectivity index (χ4n) is 0.674. The van der Waals surface area contributed by atoms with E-state index in [1.54, 1.807) is 0 Å². The molecule has 1 nitrogen and oxygen atoms in total. The van der Waals surface area contributed by atoms with Gasteiger partial charge in [-0.2, -0.15) is 0 Å². The van der Waals surface area contributed by atoms with Gasteiger partial charge in [0.05, 0.1) is 0 Å². The van der Waals surface area contributed by atoms with E-state index in [-0.39, 0.29) is 18.6 Å². The highest BCUT2D eigenvalue weighted by Gasteiger charge is 2.06. The van der Waals surface area contributed by atoms with E-state index >= 15 is 0 Å². The average Bonchev–Trinajstić information content (AvgIpc) is 1.85. The topological polar surface area (TPSA) is 17.1 Å². The number of Topliss-reactive ketones (excluding diaryl/α,β-unsaturated/α-hetero) is 1. The van der Waals surface area contributed by atoms with Crippen molar-refractivity contribution < 1.29 is 13.6 Å². The van der Waals surface area contributed by atoms with Crippen LogP contribution >= 0.6 is 0 Å².